The Morgan fingerprint density at radius 3 is 2.76 bits per heavy atom. The standard InChI is InChI=1S/C14H17Cl2N3O2/c15-10-4-3-9(8-11(10)16)14(21)19-7-1-2-12(19)13(20)18-6-5-17/h3-4,8,12H,1-2,5-7,17H2,(H,18,20). The van der Waals surface area contributed by atoms with Crippen LogP contribution >= 0.6 is 23.2 Å². The van der Waals surface area contributed by atoms with Crippen molar-refractivity contribution >= 4 is 35.0 Å². The lowest BCUT2D eigenvalue weighted by Crippen LogP contribution is -2.46. The summed E-state index contributed by atoms with van der Waals surface area (Å²) < 4.78 is 0. The summed E-state index contributed by atoms with van der Waals surface area (Å²) in [5, 5.41) is 3.45. The summed E-state index contributed by atoms with van der Waals surface area (Å²) >= 11 is 11.8. The van der Waals surface area contributed by atoms with Crippen LogP contribution in [0.3, 0.4) is 0 Å². The monoisotopic (exact) mass is 329 g/mol. The van der Waals surface area contributed by atoms with Gasteiger partial charge >= 0.3 is 0 Å². The number of amides is 2. The molecule has 2 rings (SSSR count). The number of nitrogens with one attached hydrogen (secondary N) is 1. The zero-order chi connectivity index (χ0) is 15.4. The molecule has 7 heteroatoms. The zero-order valence-corrected chi connectivity index (χ0v) is 13.0. The van der Waals surface area contributed by atoms with Crippen LogP contribution in [-0.4, -0.2) is 42.4 Å². The molecule has 114 valence electrons. The van der Waals surface area contributed by atoms with E-state index in [2.05, 4.69) is 5.32 Å². The average Bonchev–Trinajstić information content (AvgIpc) is 2.96. The number of nitrogens with zero attached hydrogens (tertiary/aromatic N) is 1. The SMILES string of the molecule is NCCNC(=O)C1CCCN1C(=O)c1ccc(Cl)c(Cl)c1. The number of likely N-dealkylation sites (tertiary alicyclic amines) is 1. The summed E-state index contributed by atoms with van der Waals surface area (Å²) in [6, 6.07) is 4.28. The number of hydrogen-bond acceptors (Lipinski definition) is 3. The Kier molecular flexibility index (Phi) is 5.45. The van der Waals surface area contributed by atoms with E-state index in [0.29, 0.717) is 41.7 Å². The molecule has 0 bridgehead atoms. The summed E-state index contributed by atoms with van der Waals surface area (Å²) in [5.74, 6) is -0.370. The highest BCUT2D eigenvalue weighted by atomic mass is 35.5. The number of hydrogen-bond donors (Lipinski definition) is 2. The van der Waals surface area contributed by atoms with Crippen LogP contribution in [0.25, 0.3) is 0 Å². The lowest BCUT2D eigenvalue weighted by Gasteiger charge is -2.24. The minimum atomic E-state index is -0.446. The molecule has 3 N–H and O–H groups in total. The van der Waals surface area contributed by atoms with Crippen LogP contribution in [0.4, 0.5) is 0 Å². The van der Waals surface area contributed by atoms with Crippen molar-refractivity contribution in [3.63, 3.8) is 0 Å². The first-order chi connectivity index (χ1) is 10.0. The number of carbonyl (C=O) groups excluding carboxylic acids is 2. The lowest BCUT2D eigenvalue weighted by molar-refractivity contribution is -0.124. The Morgan fingerprint density at radius 1 is 1.33 bits per heavy atom. The van der Waals surface area contributed by atoms with Gasteiger partial charge in [-0.3, -0.25) is 9.59 Å². The van der Waals surface area contributed by atoms with E-state index < -0.39 is 6.04 Å². The Bertz CT molecular complexity index is 551. The van der Waals surface area contributed by atoms with Gasteiger partial charge in [-0.15, -0.1) is 0 Å². The van der Waals surface area contributed by atoms with E-state index in [-0.39, 0.29) is 11.8 Å². The molecule has 21 heavy (non-hydrogen) atoms. The van der Waals surface area contributed by atoms with Gasteiger partial charge in [0, 0.05) is 25.2 Å². The molecule has 2 amide bonds. The van der Waals surface area contributed by atoms with Crippen molar-refractivity contribution in [1.82, 2.24) is 10.2 Å². The number of rotatable bonds is 4. The van der Waals surface area contributed by atoms with Gasteiger partial charge in [0.2, 0.25) is 5.91 Å². The van der Waals surface area contributed by atoms with Crippen molar-refractivity contribution in [3.8, 4) is 0 Å². The van der Waals surface area contributed by atoms with Crippen molar-refractivity contribution < 1.29 is 9.59 Å². The van der Waals surface area contributed by atoms with Crippen molar-refractivity contribution in [2.75, 3.05) is 19.6 Å². The summed E-state index contributed by atoms with van der Waals surface area (Å²) in [6.45, 7) is 1.34. The molecule has 0 radical (unpaired) electrons. The maximum Gasteiger partial charge on any atom is 0.254 e. The van der Waals surface area contributed by atoms with E-state index in [1.54, 1.807) is 17.0 Å². The van der Waals surface area contributed by atoms with Gasteiger partial charge in [-0.05, 0) is 31.0 Å². The topological polar surface area (TPSA) is 75.4 Å². The second-order valence-electron chi connectivity index (χ2n) is 4.87. The molecular formula is C14H17Cl2N3O2. The fourth-order valence-corrected chi connectivity index (χ4v) is 2.69. The van der Waals surface area contributed by atoms with E-state index in [1.807, 2.05) is 0 Å². The van der Waals surface area contributed by atoms with Crippen molar-refractivity contribution in [3.05, 3.63) is 33.8 Å². The smallest absolute Gasteiger partial charge is 0.254 e. The quantitative estimate of drug-likeness (QED) is 0.882. The Balaban J connectivity index is 2.13. The van der Waals surface area contributed by atoms with Gasteiger partial charge < -0.3 is 16.0 Å². The molecule has 0 aromatic heterocycles. The van der Waals surface area contributed by atoms with Gasteiger partial charge in [0.25, 0.3) is 5.91 Å². The summed E-state index contributed by atoms with van der Waals surface area (Å²) in [6.07, 6.45) is 1.46. The van der Waals surface area contributed by atoms with Gasteiger partial charge in [-0.2, -0.15) is 0 Å². The number of carbonyl (C=O) groups is 2. The molecule has 5 nitrogen and oxygen atoms in total. The average molecular weight is 330 g/mol. The van der Waals surface area contributed by atoms with E-state index in [4.69, 9.17) is 28.9 Å². The summed E-state index contributed by atoms with van der Waals surface area (Å²) in [4.78, 5) is 26.2. The van der Waals surface area contributed by atoms with Crippen molar-refractivity contribution in [2.24, 2.45) is 5.73 Å². The molecule has 0 spiro atoms. The third-order valence-electron chi connectivity index (χ3n) is 3.43. The molecule has 1 unspecified atom stereocenters. The summed E-state index contributed by atoms with van der Waals surface area (Å²) in [7, 11) is 0. The third kappa shape index (κ3) is 3.67. The van der Waals surface area contributed by atoms with Gasteiger partial charge in [-0.1, -0.05) is 23.2 Å². The van der Waals surface area contributed by atoms with Crippen molar-refractivity contribution in [2.45, 2.75) is 18.9 Å². The molecule has 1 aliphatic rings. The van der Waals surface area contributed by atoms with E-state index in [1.165, 1.54) is 6.07 Å². The highest BCUT2D eigenvalue weighted by Gasteiger charge is 2.34. The Morgan fingerprint density at radius 2 is 2.10 bits per heavy atom. The van der Waals surface area contributed by atoms with Crippen molar-refractivity contribution in [1.29, 1.82) is 0 Å². The first kappa shape index (κ1) is 16.1. The summed E-state index contributed by atoms with van der Waals surface area (Å²) in [5.41, 5.74) is 5.80. The minimum Gasteiger partial charge on any atom is -0.353 e. The number of halogens is 2. The van der Waals surface area contributed by atoms with Crippen LogP contribution in [0.2, 0.25) is 10.0 Å². The molecule has 1 aliphatic heterocycles. The van der Waals surface area contributed by atoms with Gasteiger partial charge in [-0.25, -0.2) is 0 Å². The highest BCUT2D eigenvalue weighted by Crippen LogP contribution is 2.25. The molecule has 0 saturated carbocycles. The molecule has 1 aromatic carbocycles. The molecule has 1 heterocycles. The molecule has 0 aliphatic carbocycles. The maximum atomic E-state index is 12.5. The molecule has 1 atom stereocenters. The van der Waals surface area contributed by atoms with E-state index in [0.717, 1.165) is 6.42 Å². The van der Waals surface area contributed by atoms with Crippen LogP contribution in [0.15, 0.2) is 18.2 Å². The highest BCUT2D eigenvalue weighted by molar-refractivity contribution is 6.42. The molecule has 1 fully saturated rings. The molecular weight excluding hydrogens is 313 g/mol. The van der Waals surface area contributed by atoms with E-state index >= 15 is 0 Å². The fraction of sp³-hybridized carbons (Fsp3) is 0.429. The van der Waals surface area contributed by atoms with Crippen LogP contribution in [0.5, 0.6) is 0 Å². The predicted molar refractivity (Wildman–Crippen MR) is 82.6 cm³/mol. The first-order valence-corrected chi connectivity index (χ1v) is 7.54. The molecule has 1 saturated heterocycles. The minimum absolute atomic E-state index is 0.161. The van der Waals surface area contributed by atoms with Gasteiger partial charge in [0.1, 0.15) is 6.04 Å². The van der Waals surface area contributed by atoms with Gasteiger partial charge in [0.05, 0.1) is 10.0 Å². The van der Waals surface area contributed by atoms with Crippen LogP contribution in [0, 0.1) is 0 Å². The fourth-order valence-electron chi connectivity index (χ4n) is 2.39. The number of nitrogens with two attached hydrogens (primary N) is 1. The Hall–Kier alpha value is -1.30. The third-order valence-corrected chi connectivity index (χ3v) is 4.17. The second kappa shape index (κ2) is 7.11. The van der Waals surface area contributed by atoms with Crippen LogP contribution < -0.4 is 11.1 Å². The van der Waals surface area contributed by atoms with E-state index in [9.17, 15) is 9.59 Å². The zero-order valence-electron chi connectivity index (χ0n) is 11.4. The maximum absolute atomic E-state index is 12.5. The Labute approximate surface area is 133 Å². The first-order valence-electron chi connectivity index (χ1n) is 6.78. The van der Waals surface area contributed by atoms with Crippen LogP contribution in [0.1, 0.15) is 23.2 Å². The molecule has 1 aromatic rings. The van der Waals surface area contributed by atoms with Crippen LogP contribution in [-0.2, 0) is 4.79 Å². The second-order valence-corrected chi connectivity index (χ2v) is 5.68. The lowest BCUT2D eigenvalue weighted by atomic mass is 10.1. The van der Waals surface area contributed by atoms with Gasteiger partial charge in [0.15, 0.2) is 0 Å². The largest absolute Gasteiger partial charge is 0.353 e. The number of benzene rings is 1. The normalized spacial score (nSPS) is 17.9. The predicted octanol–water partition coefficient (Wildman–Crippen LogP) is 1.67.